The minimum Gasteiger partial charge on any atom is -0.461 e. The first-order valence-corrected chi connectivity index (χ1v) is 9.09. The van der Waals surface area contributed by atoms with Crippen LogP contribution in [0.25, 0.3) is 0 Å². The molecule has 0 heterocycles. The van der Waals surface area contributed by atoms with Gasteiger partial charge in [0.25, 0.3) is 0 Å². The van der Waals surface area contributed by atoms with Crippen LogP contribution in [0, 0.1) is 18.8 Å². The Kier molecular flexibility index (Phi) is 6.91. The molecular weight excluding hydrogens is 360 g/mol. The van der Waals surface area contributed by atoms with Gasteiger partial charge in [0, 0.05) is 12.3 Å². The minimum atomic E-state index is -1.67. The van der Waals surface area contributed by atoms with Crippen molar-refractivity contribution >= 4 is 17.7 Å². The van der Waals surface area contributed by atoms with Crippen molar-refractivity contribution in [2.75, 3.05) is 13.2 Å². The number of rotatable bonds is 7. The number of aryl methyl sites for hydroxylation is 1. The van der Waals surface area contributed by atoms with E-state index in [1.165, 1.54) is 19.1 Å². The van der Waals surface area contributed by atoms with E-state index in [-0.39, 0.29) is 19.6 Å². The average molecular weight is 386 g/mol. The quantitative estimate of drug-likeness (QED) is 0.440. The lowest BCUT2D eigenvalue weighted by molar-refractivity contribution is -0.171. The topological polar surface area (TPSA) is 89.9 Å². The second-order valence-electron chi connectivity index (χ2n) is 7.23. The molecule has 28 heavy (non-hydrogen) atoms. The molecule has 150 valence electrons. The third kappa shape index (κ3) is 4.57. The zero-order valence-electron chi connectivity index (χ0n) is 16.2. The SMILES string of the molecule is C=CCOC(=O)[C@@H]1C(=O)C[C@](C)(O)[C@H](C(=O)OCC=C)[C@@H]1c1ccc(C)cc1. The van der Waals surface area contributed by atoms with Crippen LogP contribution < -0.4 is 0 Å². The summed E-state index contributed by atoms with van der Waals surface area (Å²) in [5, 5.41) is 10.9. The van der Waals surface area contributed by atoms with Crippen molar-refractivity contribution in [3.05, 3.63) is 60.7 Å². The normalized spacial score (nSPS) is 27.0. The Balaban J connectivity index is 2.56. The van der Waals surface area contributed by atoms with Gasteiger partial charge < -0.3 is 14.6 Å². The van der Waals surface area contributed by atoms with Crippen LogP contribution >= 0.6 is 0 Å². The first kappa shape index (κ1) is 21.6. The second-order valence-corrected chi connectivity index (χ2v) is 7.23. The number of carbonyl (C=O) groups is 3. The first-order chi connectivity index (χ1) is 13.2. The Morgan fingerprint density at radius 3 is 2.21 bits per heavy atom. The molecule has 4 atom stereocenters. The fraction of sp³-hybridized carbons (Fsp3) is 0.409. The highest BCUT2D eigenvalue weighted by atomic mass is 16.5. The third-order valence-corrected chi connectivity index (χ3v) is 4.92. The van der Waals surface area contributed by atoms with Crippen LogP contribution in [0.5, 0.6) is 0 Å². The third-order valence-electron chi connectivity index (χ3n) is 4.92. The number of esters is 2. The van der Waals surface area contributed by atoms with E-state index in [2.05, 4.69) is 13.2 Å². The van der Waals surface area contributed by atoms with Gasteiger partial charge in [-0.2, -0.15) is 0 Å². The summed E-state index contributed by atoms with van der Waals surface area (Å²) < 4.78 is 10.3. The van der Waals surface area contributed by atoms with E-state index < -0.39 is 41.1 Å². The maximum Gasteiger partial charge on any atom is 0.317 e. The molecule has 1 aliphatic rings. The maximum atomic E-state index is 12.8. The Labute approximate surface area is 164 Å². The van der Waals surface area contributed by atoms with E-state index >= 15 is 0 Å². The summed E-state index contributed by atoms with van der Waals surface area (Å²) in [6.07, 6.45) is 2.46. The fourth-order valence-corrected chi connectivity index (χ4v) is 3.67. The zero-order chi connectivity index (χ0) is 20.9. The van der Waals surface area contributed by atoms with Crippen LogP contribution in [-0.4, -0.2) is 41.6 Å². The zero-order valence-corrected chi connectivity index (χ0v) is 16.2. The molecule has 6 nitrogen and oxygen atoms in total. The number of hydrogen-bond acceptors (Lipinski definition) is 6. The Morgan fingerprint density at radius 2 is 1.68 bits per heavy atom. The van der Waals surface area contributed by atoms with E-state index in [9.17, 15) is 19.5 Å². The number of carbonyl (C=O) groups excluding carboxylic acids is 3. The molecular formula is C22H26O6. The van der Waals surface area contributed by atoms with Crippen molar-refractivity contribution in [2.24, 2.45) is 11.8 Å². The molecule has 0 amide bonds. The van der Waals surface area contributed by atoms with Crippen molar-refractivity contribution in [1.82, 2.24) is 0 Å². The maximum absolute atomic E-state index is 12.8. The van der Waals surface area contributed by atoms with E-state index in [0.717, 1.165) is 5.56 Å². The number of hydrogen-bond donors (Lipinski definition) is 1. The van der Waals surface area contributed by atoms with Gasteiger partial charge in [-0.05, 0) is 19.4 Å². The molecule has 1 aliphatic carbocycles. The molecule has 1 aromatic rings. The molecule has 0 spiro atoms. The van der Waals surface area contributed by atoms with Crippen molar-refractivity contribution in [1.29, 1.82) is 0 Å². The predicted molar refractivity (Wildman–Crippen MR) is 103 cm³/mol. The second kappa shape index (κ2) is 8.97. The molecule has 0 saturated heterocycles. The molecule has 1 aromatic carbocycles. The fourth-order valence-electron chi connectivity index (χ4n) is 3.67. The lowest BCUT2D eigenvalue weighted by atomic mass is 9.61. The van der Waals surface area contributed by atoms with Gasteiger partial charge in [0.2, 0.25) is 0 Å². The molecule has 1 fully saturated rings. The summed E-state index contributed by atoms with van der Waals surface area (Å²) in [4.78, 5) is 38.3. The van der Waals surface area contributed by atoms with Crippen LogP contribution in [0.2, 0.25) is 0 Å². The molecule has 0 bridgehead atoms. The highest BCUT2D eigenvalue weighted by Crippen LogP contribution is 2.46. The molecule has 1 saturated carbocycles. The molecule has 0 aliphatic heterocycles. The van der Waals surface area contributed by atoms with Crippen molar-refractivity contribution in [2.45, 2.75) is 31.8 Å². The molecule has 0 radical (unpaired) electrons. The lowest BCUT2D eigenvalue weighted by Crippen LogP contribution is -2.55. The summed E-state index contributed by atoms with van der Waals surface area (Å²) in [5.41, 5.74) is -0.102. The van der Waals surface area contributed by atoms with Crippen molar-refractivity contribution < 1.29 is 29.0 Å². The van der Waals surface area contributed by atoms with Crippen molar-refractivity contribution in [3.8, 4) is 0 Å². The minimum absolute atomic E-state index is 0.0362. The average Bonchev–Trinajstić information content (AvgIpc) is 2.63. The van der Waals surface area contributed by atoms with Crippen LogP contribution in [0.1, 0.15) is 30.4 Å². The number of aliphatic hydroxyl groups is 1. The first-order valence-electron chi connectivity index (χ1n) is 9.09. The van der Waals surface area contributed by atoms with Gasteiger partial charge >= 0.3 is 11.9 Å². The lowest BCUT2D eigenvalue weighted by Gasteiger charge is -2.43. The summed E-state index contributed by atoms with van der Waals surface area (Å²) in [6, 6.07) is 7.13. The van der Waals surface area contributed by atoms with E-state index in [1.54, 1.807) is 12.1 Å². The van der Waals surface area contributed by atoms with Gasteiger partial charge in [-0.1, -0.05) is 55.1 Å². The molecule has 1 N–H and O–H groups in total. The van der Waals surface area contributed by atoms with E-state index in [0.29, 0.717) is 5.56 Å². The van der Waals surface area contributed by atoms with Gasteiger partial charge in [-0.15, -0.1) is 0 Å². The largest absolute Gasteiger partial charge is 0.461 e. The highest BCUT2D eigenvalue weighted by molar-refractivity contribution is 6.02. The smallest absolute Gasteiger partial charge is 0.317 e. The number of Topliss-reactive ketones (excluding diaryl/α,β-unsaturated/α-hetero) is 1. The molecule has 2 rings (SSSR count). The number of ketones is 1. The van der Waals surface area contributed by atoms with Crippen LogP contribution in [0.4, 0.5) is 0 Å². The summed E-state index contributed by atoms with van der Waals surface area (Å²) in [6.45, 7) is 10.2. The standard InChI is InChI=1S/C22H26O6/c1-5-11-27-20(24)18-16(23)13-22(4,26)19(21(25)28-12-6-2)17(18)15-9-7-14(3)8-10-15/h5-10,17-19,26H,1-2,11-13H2,3-4H3/t17-,18-,19+,22+/m1/s1. The van der Waals surface area contributed by atoms with Crippen LogP contribution in [0.3, 0.4) is 0 Å². The van der Waals surface area contributed by atoms with E-state index in [1.807, 2.05) is 19.1 Å². The van der Waals surface area contributed by atoms with Gasteiger partial charge in [0.15, 0.2) is 5.78 Å². The monoisotopic (exact) mass is 386 g/mol. The van der Waals surface area contributed by atoms with Gasteiger partial charge in [0.05, 0.1) is 11.5 Å². The predicted octanol–water partition coefficient (Wildman–Crippen LogP) is 2.49. The van der Waals surface area contributed by atoms with Gasteiger partial charge in [-0.25, -0.2) is 0 Å². The van der Waals surface area contributed by atoms with E-state index in [4.69, 9.17) is 9.47 Å². The van der Waals surface area contributed by atoms with Crippen LogP contribution in [-0.2, 0) is 23.9 Å². The molecule has 0 aromatic heterocycles. The Hall–Kier alpha value is -2.73. The summed E-state index contributed by atoms with van der Waals surface area (Å²) >= 11 is 0. The number of benzene rings is 1. The summed E-state index contributed by atoms with van der Waals surface area (Å²) in [7, 11) is 0. The highest BCUT2D eigenvalue weighted by Gasteiger charge is 2.57. The number of ether oxygens (including phenoxy) is 2. The van der Waals surface area contributed by atoms with Crippen molar-refractivity contribution in [3.63, 3.8) is 0 Å². The van der Waals surface area contributed by atoms with Gasteiger partial charge in [-0.3, -0.25) is 14.4 Å². The Morgan fingerprint density at radius 1 is 1.14 bits per heavy atom. The Bertz CT molecular complexity index is 762. The van der Waals surface area contributed by atoms with Crippen LogP contribution in [0.15, 0.2) is 49.6 Å². The summed E-state index contributed by atoms with van der Waals surface area (Å²) in [5.74, 6) is -5.15. The molecule has 0 unspecified atom stereocenters. The molecule has 6 heteroatoms. The van der Waals surface area contributed by atoms with Gasteiger partial charge in [0.1, 0.15) is 19.1 Å².